The fourth-order valence-corrected chi connectivity index (χ4v) is 3.98. The Morgan fingerprint density at radius 2 is 1.94 bits per heavy atom. The van der Waals surface area contributed by atoms with Crippen molar-refractivity contribution in [2.24, 2.45) is 0 Å². The van der Waals surface area contributed by atoms with E-state index in [1.807, 2.05) is 13.8 Å². The van der Waals surface area contributed by atoms with Gasteiger partial charge in [-0.3, -0.25) is 9.59 Å². The fourth-order valence-electron chi connectivity index (χ4n) is 3.77. The van der Waals surface area contributed by atoms with Crippen LogP contribution in [0.4, 0.5) is 4.39 Å². The van der Waals surface area contributed by atoms with Crippen molar-refractivity contribution < 1.29 is 28.6 Å². The summed E-state index contributed by atoms with van der Waals surface area (Å²) >= 11 is 6.30. The van der Waals surface area contributed by atoms with E-state index in [9.17, 15) is 19.1 Å². The lowest BCUT2D eigenvalue weighted by Crippen LogP contribution is -2.31. The van der Waals surface area contributed by atoms with Gasteiger partial charge in [0.1, 0.15) is 17.3 Å². The summed E-state index contributed by atoms with van der Waals surface area (Å²) in [7, 11) is 0. The Bertz CT molecular complexity index is 1070. The highest BCUT2D eigenvalue weighted by Gasteiger charge is 2.46. The highest BCUT2D eigenvalue weighted by Crippen LogP contribution is 2.41. The van der Waals surface area contributed by atoms with Gasteiger partial charge in [-0.05, 0) is 51.5 Å². The van der Waals surface area contributed by atoms with E-state index in [0.717, 1.165) is 0 Å². The molecular weight excluding hydrogens is 449 g/mol. The Hall–Kier alpha value is -2.90. The molecule has 1 atom stereocenters. The largest absolute Gasteiger partial charge is 0.507 e. The molecule has 1 unspecified atom stereocenters. The molecule has 1 aliphatic heterocycles. The lowest BCUT2D eigenvalue weighted by molar-refractivity contribution is -0.140. The van der Waals surface area contributed by atoms with Crippen molar-refractivity contribution in [3.8, 4) is 5.75 Å². The van der Waals surface area contributed by atoms with Crippen LogP contribution >= 0.6 is 11.6 Å². The Kier molecular flexibility index (Phi) is 8.10. The molecule has 8 heteroatoms. The van der Waals surface area contributed by atoms with Crippen LogP contribution in [0.3, 0.4) is 0 Å². The summed E-state index contributed by atoms with van der Waals surface area (Å²) in [4.78, 5) is 27.3. The molecule has 0 saturated carbocycles. The van der Waals surface area contributed by atoms with Gasteiger partial charge in [0.15, 0.2) is 0 Å². The molecule has 2 aromatic carbocycles. The number of hydrogen-bond acceptors (Lipinski definition) is 5. The number of likely N-dealkylation sites (tertiary alicyclic amines) is 1. The monoisotopic (exact) mass is 475 g/mol. The summed E-state index contributed by atoms with van der Waals surface area (Å²) in [6, 6.07) is 9.42. The molecule has 1 heterocycles. The second-order valence-electron chi connectivity index (χ2n) is 7.86. The number of carbonyl (C=O) groups excluding carboxylic acids is 2. The number of Topliss-reactive ketones (excluding diaryl/α,β-unsaturated/α-hetero) is 1. The van der Waals surface area contributed by atoms with E-state index < -0.39 is 29.3 Å². The minimum Gasteiger partial charge on any atom is -0.507 e. The number of amides is 1. The maximum absolute atomic E-state index is 14.8. The highest BCUT2D eigenvalue weighted by atomic mass is 35.5. The summed E-state index contributed by atoms with van der Waals surface area (Å²) in [6.07, 6.45) is 0.457. The van der Waals surface area contributed by atoms with Crippen LogP contribution in [-0.2, 0) is 14.3 Å². The molecule has 1 aliphatic rings. The van der Waals surface area contributed by atoms with Crippen molar-refractivity contribution in [2.75, 3.05) is 19.8 Å². The van der Waals surface area contributed by atoms with E-state index in [0.29, 0.717) is 25.4 Å². The number of aliphatic hydroxyl groups excluding tert-OH is 1. The van der Waals surface area contributed by atoms with E-state index >= 15 is 0 Å². The molecule has 0 bridgehead atoms. The normalized spacial score (nSPS) is 17.8. The molecule has 1 saturated heterocycles. The molecule has 1 fully saturated rings. The molecule has 176 valence electrons. The van der Waals surface area contributed by atoms with Crippen LogP contribution < -0.4 is 4.74 Å². The Morgan fingerprint density at radius 3 is 2.61 bits per heavy atom. The van der Waals surface area contributed by atoms with Gasteiger partial charge < -0.3 is 19.5 Å². The van der Waals surface area contributed by atoms with E-state index in [-0.39, 0.29) is 34.4 Å². The Labute approximate surface area is 197 Å². The van der Waals surface area contributed by atoms with Gasteiger partial charge in [-0.15, -0.1) is 0 Å². The second kappa shape index (κ2) is 10.8. The number of ketones is 1. The van der Waals surface area contributed by atoms with Crippen LogP contribution in [0, 0.1) is 5.82 Å². The van der Waals surface area contributed by atoms with Crippen LogP contribution in [0.2, 0.25) is 5.02 Å². The number of hydrogen-bond donors (Lipinski definition) is 1. The quantitative estimate of drug-likeness (QED) is 0.236. The molecule has 0 radical (unpaired) electrons. The maximum Gasteiger partial charge on any atom is 0.295 e. The Morgan fingerprint density at radius 1 is 1.21 bits per heavy atom. The maximum atomic E-state index is 14.8. The number of carbonyl (C=O) groups is 2. The molecule has 0 aromatic heterocycles. The third-order valence-corrected chi connectivity index (χ3v) is 5.57. The third kappa shape index (κ3) is 5.37. The van der Waals surface area contributed by atoms with Crippen molar-refractivity contribution in [1.82, 2.24) is 4.90 Å². The van der Waals surface area contributed by atoms with Gasteiger partial charge in [0.2, 0.25) is 0 Å². The first-order valence-corrected chi connectivity index (χ1v) is 11.2. The molecule has 3 rings (SSSR count). The topological polar surface area (TPSA) is 76.1 Å². The lowest BCUT2D eigenvalue weighted by Gasteiger charge is -2.26. The first kappa shape index (κ1) is 24.7. The second-order valence-corrected chi connectivity index (χ2v) is 8.27. The van der Waals surface area contributed by atoms with Crippen molar-refractivity contribution in [3.63, 3.8) is 0 Å². The summed E-state index contributed by atoms with van der Waals surface area (Å²) in [5.41, 5.74) is 0.0237. The van der Waals surface area contributed by atoms with Gasteiger partial charge >= 0.3 is 0 Å². The standard InChI is InChI=1S/C25H27ClFNO5/c1-4-32-16-10-11-19(26)18(14-16)23(29)21-22(17-8-5-6-9-20(17)27)28(25(31)24(21)30)12-7-13-33-15(2)3/h5-6,8-11,14-15,22,29H,4,7,12-13H2,1-3H3/b23-21+. The smallest absolute Gasteiger partial charge is 0.295 e. The lowest BCUT2D eigenvalue weighted by atomic mass is 9.94. The zero-order valence-corrected chi connectivity index (χ0v) is 19.6. The molecule has 2 aromatic rings. The van der Waals surface area contributed by atoms with E-state index in [1.54, 1.807) is 19.1 Å². The number of nitrogens with zero attached hydrogens (tertiary/aromatic N) is 1. The SMILES string of the molecule is CCOc1ccc(Cl)c(/C(O)=C2\C(=O)C(=O)N(CCCOC(C)C)C2c2ccccc2F)c1. The molecule has 1 N–H and O–H groups in total. The van der Waals surface area contributed by atoms with E-state index in [1.165, 1.54) is 35.2 Å². The average Bonchev–Trinajstić information content (AvgIpc) is 3.02. The van der Waals surface area contributed by atoms with Crippen LogP contribution in [0.1, 0.15) is 44.4 Å². The van der Waals surface area contributed by atoms with Crippen LogP contribution in [0.25, 0.3) is 5.76 Å². The molecule has 1 amide bonds. The Balaban J connectivity index is 2.10. The van der Waals surface area contributed by atoms with Crippen LogP contribution in [0.5, 0.6) is 5.75 Å². The average molecular weight is 476 g/mol. The van der Waals surface area contributed by atoms with Gasteiger partial charge in [-0.2, -0.15) is 0 Å². The van der Waals surface area contributed by atoms with Crippen molar-refractivity contribution >= 4 is 29.1 Å². The van der Waals surface area contributed by atoms with Crippen molar-refractivity contribution in [2.45, 2.75) is 39.3 Å². The van der Waals surface area contributed by atoms with E-state index in [2.05, 4.69) is 0 Å². The van der Waals surface area contributed by atoms with Gasteiger partial charge in [0.05, 0.1) is 29.3 Å². The minimum absolute atomic E-state index is 0.0162. The van der Waals surface area contributed by atoms with Crippen molar-refractivity contribution in [1.29, 1.82) is 0 Å². The fraction of sp³-hybridized carbons (Fsp3) is 0.360. The van der Waals surface area contributed by atoms with E-state index in [4.69, 9.17) is 21.1 Å². The molecule has 0 aliphatic carbocycles. The number of aliphatic hydroxyl groups is 1. The molecule has 0 spiro atoms. The number of benzene rings is 2. The summed E-state index contributed by atoms with van der Waals surface area (Å²) in [5, 5.41) is 11.3. The zero-order chi connectivity index (χ0) is 24.1. The first-order chi connectivity index (χ1) is 15.8. The first-order valence-electron chi connectivity index (χ1n) is 10.8. The van der Waals surface area contributed by atoms with Crippen LogP contribution in [-0.4, -0.2) is 47.6 Å². The number of rotatable bonds is 9. The van der Waals surface area contributed by atoms with Crippen LogP contribution in [0.15, 0.2) is 48.0 Å². The molecule has 6 nitrogen and oxygen atoms in total. The van der Waals surface area contributed by atoms with Gasteiger partial charge in [0, 0.05) is 24.3 Å². The summed E-state index contributed by atoms with van der Waals surface area (Å²) in [6.45, 7) is 6.50. The van der Waals surface area contributed by atoms with Gasteiger partial charge in [0.25, 0.3) is 11.7 Å². The predicted octanol–water partition coefficient (Wildman–Crippen LogP) is 5.11. The van der Waals surface area contributed by atoms with Gasteiger partial charge in [-0.25, -0.2) is 4.39 Å². The highest BCUT2D eigenvalue weighted by molar-refractivity contribution is 6.47. The number of ether oxygens (including phenoxy) is 2. The van der Waals surface area contributed by atoms with Crippen molar-refractivity contribution in [3.05, 3.63) is 70.0 Å². The third-order valence-electron chi connectivity index (χ3n) is 5.24. The summed E-state index contributed by atoms with van der Waals surface area (Å²) in [5.74, 6) is -2.34. The van der Waals surface area contributed by atoms with Gasteiger partial charge in [-0.1, -0.05) is 29.8 Å². The zero-order valence-electron chi connectivity index (χ0n) is 18.8. The predicted molar refractivity (Wildman–Crippen MR) is 124 cm³/mol. The number of halogens is 2. The molecule has 33 heavy (non-hydrogen) atoms. The minimum atomic E-state index is -1.10. The summed E-state index contributed by atoms with van der Waals surface area (Å²) < 4.78 is 25.8. The molecular formula is C25H27ClFNO5.